The number of hydrogen-bond acceptors (Lipinski definition) is 4. The fourth-order valence-electron chi connectivity index (χ4n) is 3.05. The Balaban J connectivity index is 2.04. The molecular weight excluding hydrogens is 356 g/mol. The van der Waals surface area contributed by atoms with Crippen molar-refractivity contribution in [1.82, 2.24) is 9.55 Å². The number of carbonyl (C=O) groups is 1. The van der Waals surface area contributed by atoms with Gasteiger partial charge in [-0.3, -0.25) is 14.2 Å². The van der Waals surface area contributed by atoms with Gasteiger partial charge < -0.3 is 0 Å². The predicted molar refractivity (Wildman–Crippen MR) is 104 cm³/mol. The van der Waals surface area contributed by atoms with Crippen LogP contribution in [0.4, 0.5) is 0 Å². The van der Waals surface area contributed by atoms with Crippen LogP contribution in [0.1, 0.15) is 46.0 Å². The standard InChI is InChI=1S/C19H23ClN2O2S/c1-12(2)9-10-22-18(24)14-8-7-13(20)11-15(14)21-19(22)25-17-6-4-3-5-16(17)23/h7-8,11-12,17H,3-6,9-10H2,1-2H3. The van der Waals surface area contributed by atoms with E-state index in [-0.39, 0.29) is 16.6 Å². The molecule has 1 aromatic carbocycles. The molecule has 0 radical (unpaired) electrons. The first-order valence-corrected chi connectivity index (χ1v) is 10.1. The van der Waals surface area contributed by atoms with Crippen molar-refractivity contribution in [2.45, 2.75) is 62.9 Å². The van der Waals surface area contributed by atoms with Crippen molar-refractivity contribution in [3.05, 3.63) is 33.6 Å². The molecule has 25 heavy (non-hydrogen) atoms. The molecule has 1 unspecified atom stereocenters. The Morgan fingerprint density at radius 2 is 2.12 bits per heavy atom. The molecule has 1 aliphatic rings. The number of aromatic nitrogens is 2. The maximum atomic E-state index is 13.0. The van der Waals surface area contributed by atoms with Crippen LogP contribution >= 0.6 is 23.4 Å². The largest absolute Gasteiger partial charge is 0.298 e. The summed E-state index contributed by atoms with van der Waals surface area (Å²) in [7, 11) is 0. The normalized spacial score (nSPS) is 18.2. The van der Waals surface area contributed by atoms with Crippen LogP contribution in [-0.4, -0.2) is 20.6 Å². The zero-order valence-electron chi connectivity index (χ0n) is 14.6. The van der Waals surface area contributed by atoms with Gasteiger partial charge in [0.1, 0.15) is 5.78 Å². The van der Waals surface area contributed by atoms with E-state index in [0.29, 0.717) is 40.0 Å². The summed E-state index contributed by atoms with van der Waals surface area (Å²) in [4.78, 5) is 29.9. The lowest BCUT2D eigenvalue weighted by Crippen LogP contribution is -2.27. The molecule has 2 aromatic rings. The quantitative estimate of drug-likeness (QED) is 0.707. The highest BCUT2D eigenvalue weighted by molar-refractivity contribution is 8.00. The molecule has 1 saturated carbocycles. The highest BCUT2D eigenvalue weighted by atomic mass is 35.5. The maximum Gasteiger partial charge on any atom is 0.262 e. The molecule has 0 bridgehead atoms. The van der Waals surface area contributed by atoms with E-state index in [4.69, 9.17) is 16.6 Å². The van der Waals surface area contributed by atoms with Crippen molar-refractivity contribution in [1.29, 1.82) is 0 Å². The van der Waals surface area contributed by atoms with E-state index in [1.807, 2.05) is 0 Å². The number of rotatable bonds is 5. The van der Waals surface area contributed by atoms with Crippen LogP contribution in [0.15, 0.2) is 28.2 Å². The molecule has 0 spiro atoms. The molecule has 134 valence electrons. The van der Waals surface area contributed by atoms with Gasteiger partial charge in [0.05, 0.1) is 16.2 Å². The Hall–Kier alpha value is -1.33. The summed E-state index contributed by atoms with van der Waals surface area (Å²) < 4.78 is 1.74. The number of halogens is 1. The molecule has 4 nitrogen and oxygen atoms in total. The summed E-state index contributed by atoms with van der Waals surface area (Å²) in [6.07, 6.45) is 4.41. The van der Waals surface area contributed by atoms with E-state index in [0.717, 1.165) is 25.7 Å². The van der Waals surface area contributed by atoms with E-state index in [2.05, 4.69) is 13.8 Å². The number of fused-ring (bicyclic) bond motifs is 1. The molecule has 0 N–H and O–H groups in total. The smallest absolute Gasteiger partial charge is 0.262 e. The number of thioether (sulfide) groups is 1. The zero-order chi connectivity index (χ0) is 18.0. The van der Waals surface area contributed by atoms with E-state index in [1.165, 1.54) is 11.8 Å². The van der Waals surface area contributed by atoms with Gasteiger partial charge in [-0.05, 0) is 43.4 Å². The van der Waals surface area contributed by atoms with Gasteiger partial charge in [0, 0.05) is 18.0 Å². The van der Waals surface area contributed by atoms with Gasteiger partial charge in [0.15, 0.2) is 5.16 Å². The Morgan fingerprint density at radius 1 is 1.32 bits per heavy atom. The first-order chi connectivity index (χ1) is 12.0. The van der Waals surface area contributed by atoms with E-state index in [1.54, 1.807) is 22.8 Å². The zero-order valence-corrected chi connectivity index (χ0v) is 16.2. The number of nitrogens with zero attached hydrogens (tertiary/aromatic N) is 2. The first-order valence-electron chi connectivity index (χ1n) is 8.85. The maximum absolute atomic E-state index is 13.0. The summed E-state index contributed by atoms with van der Waals surface area (Å²) in [6.45, 7) is 4.89. The number of hydrogen-bond donors (Lipinski definition) is 0. The summed E-state index contributed by atoms with van der Waals surface area (Å²) in [5, 5.41) is 1.68. The van der Waals surface area contributed by atoms with Crippen LogP contribution in [-0.2, 0) is 11.3 Å². The molecule has 1 aliphatic carbocycles. The minimum atomic E-state index is -0.0948. The molecule has 1 aromatic heterocycles. The van der Waals surface area contributed by atoms with Crippen LogP contribution in [0, 0.1) is 5.92 Å². The number of carbonyl (C=O) groups excluding carboxylic acids is 1. The Bertz CT molecular complexity index is 847. The third-order valence-electron chi connectivity index (χ3n) is 4.56. The monoisotopic (exact) mass is 378 g/mol. The first kappa shape index (κ1) is 18.5. The van der Waals surface area contributed by atoms with Gasteiger partial charge in [0.25, 0.3) is 5.56 Å². The molecular formula is C19H23ClN2O2S. The second kappa shape index (κ2) is 7.92. The molecule has 0 aliphatic heterocycles. The molecule has 0 saturated heterocycles. The fourth-order valence-corrected chi connectivity index (χ4v) is 4.46. The minimum Gasteiger partial charge on any atom is -0.298 e. The Morgan fingerprint density at radius 3 is 2.84 bits per heavy atom. The number of Topliss-reactive ketones (excluding diaryl/α,β-unsaturated/α-hetero) is 1. The van der Waals surface area contributed by atoms with Crippen molar-refractivity contribution in [2.75, 3.05) is 0 Å². The van der Waals surface area contributed by atoms with Crippen LogP contribution in [0.3, 0.4) is 0 Å². The third-order valence-corrected chi connectivity index (χ3v) is 6.10. The predicted octanol–water partition coefficient (Wildman–Crippen LogP) is 4.70. The molecule has 3 rings (SSSR count). The van der Waals surface area contributed by atoms with E-state index < -0.39 is 0 Å². The number of benzene rings is 1. The SMILES string of the molecule is CC(C)CCn1c(SC2CCCCC2=O)nc2cc(Cl)ccc2c1=O. The molecule has 1 heterocycles. The van der Waals surface area contributed by atoms with Crippen molar-refractivity contribution in [2.24, 2.45) is 5.92 Å². The van der Waals surface area contributed by atoms with E-state index in [9.17, 15) is 9.59 Å². The average Bonchev–Trinajstić information content (AvgIpc) is 2.56. The van der Waals surface area contributed by atoms with Gasteiger partial charge in [-0.15, -0.1) is 0 Å². The molecule has 0 amide bonds. The highest BCUT2D eigenvalue weighted by Gasteiger charge is 2.25. The second-order valence-electron chi connectivity index (χ2n) is 7.01. The summed E-state index contributed by atoms with van der Waals surface area (Å²) in [6, 6.07) is 5.17. The van der Waals surface area contributed by atoms with E-state index >= 15 is 0 Å². The van der Waals surface area contributed by atoms with Crippen molar-refractivity contribution >= 4 is 40.0 Å². The highest BCUT2D eigenvalue weighted by Crippen LogP contribution is 2.31. The van der Waals surface area contributed by atoms with Crippen LogP contribution < -0.4 is 5.56 Å². The van der Waals surface area contributed by atoms with Gasteiger partial charge in [-0.25, -0.2) is 4.98 Å². The number of ketones is 1. The Labute approximate surface area is 157 Å². The second-order valence-corrected chi connectivity index (χ2v) is 8.62. The lowest BCUT2D eigenvalue weighted by Gasteiger charge is -2.21. The summed E-state index contributed by atoms with van der Waals surface area (Å²) in [5.74, 6) is 0.758. The minimum absolute atomic E-state index is 0.0481. The van der Waals surface area contributed by atoms with Gasteiger partial charge in [-0.2, -0.15) is 0 Å². The van der Waals surface area contributed by atoms with Gasteiger partial charge >= 0.3 is 0 Å². The van der Waals surface area contributed by atoms with Crippen LogP contribution in [0.2, 0.25) is 5.02 Å². The summed E-state index contributed by atoms with van der Waals surface area (Å²) >= 11 is 7.52. The molecule has 6 heteroatoms. The Kier molecular flexibility index (Phi) is 5.85. The topological polar surface area (TPSA) is 52.0 Å². The van der Waals surface area contributed by atoms with Crippen LogP contribution in [0.5, 0.6) is 0 Å². The summed E-state index contributed by atoms with van der Waals surface area (Å²) in [5.41, 5.74) is 0.553. The van der Waals surface area contributed by atoms with Gasteiger partial charge in [0.2, 0.25) is 0 Å². The fraction of sp³-hybridized carbons (Fsp3) is 0.526. The molecule has 1 fully saturated rings. The lowest BCUT2D eigenvalue weighted by atomic mass is 9.99. The van der Waals surface area contributed by atoms with Crippen molar-refractivity contribution in [3.63, 3.8) is 0 Å². The average molecular weight is 379 g/mol. The van der Waals surface area contributed by atoms with Crippen molar-refractivity contribution < 1.29 is 4.79 Å². The lowest BCUT2D eigenvalue weighted by molar-refractivity contribution is -0.119. The third kappa shape index (κ3) is 4.26. The molecule has 1 atom stereocenters. The van der Waals surface area contributed by atoms with Crippen molar-refractivity contribution in [3.8, 4) is 0 Å². The van der Waals surface area contributed by atoms with Crippen LogP contribution in [0.25, 0.3) is 10.9 Å². The van der Waals surface area contributed by atoms with Gasteiger partial charge in [-0.1, -0.05) is 43.6 Å².